The van der Waals surface area contributed by atoms with Gasteiger partial charge in [0.15, 0.2) is 0 Å². The van der Waals surface area contributed by atoms with Crippen molar-refractivity contribution in [2.45, 2.75) is 31.7 Å². The molecule has 2 heteroatoms. The lowest BCUT2D eigenvalue weighted by atomic mass is 9.92. The molecule has 1 aliphatic carbocycles. The summed E-state index contributed by atoms with van der Waals surface area (Å²) in [5, 5.41) is 0. The first-order valence-corrected chi connectivity index (χ1v) is 6.19. The Morgan fingerprint density at radius 1 is 1.33 bits per heavy atom. The van der Waals surface area contributed by atoms with Gasteiger partial charge in [0.1, 0.15) is 0 Å². The highest BCUT2D eigenvalue weighted by atomic mass is 15.3. The van der Waals surface area contributed by atoms with E-state index in [1.165, 1.54) is 45.4 Å². The Bertz CT molecular complexity index is 227. The van der Waals surface area contributed by atoms with Crippen LogP contribution in [0.15, 0.2) is 11.6 Å². The van der Waals surface area contributed by atoms with Gasteiger partial charge in [0, 0.05) is 32.2 Å². The summed E-state index contributed by atoms with van der Waals surface area (Å²) in [5.41, 5.74) is 1.57. The van der Waals surface area contributed by atoms with E-state index in [4.69, 9.17) is 0 Å². The van der Waals surface area contributed by atoms with Crippen molar-refractivity contribution in [1.29, 1.82) is 0 Å². The molecule has 2 rings (SSSR count). The average Bonchev–Trinajstić information content (AvgIpc) is 2.30. The molecule has 1 atom stereocenters. The number of likely N-dealkylation sites (N-methyl/N-ethyl adjacent to an activating group) is 1. The van der Waals surface area contributed by atoms with Crippen molar-refractivity contribution in [3.8, 4) is 0 Å². The summed E-state index contributed by atoms with van der Waals surface area (Å²) < 4.78 is 0. The number of allylic oxidation sites excluding steroid dienone is 1. The summed E-state index contributed by atoms with van der Waals surface area (Å²) in [6.07, 6.45) is 7.33. The molecule has 0 N–H and O–H groups in total. The first kappa shape index (κ1) is 11.2. The number of hydrogen-bond donors (Lipinski definition) is 0. The zero-order valence-corrected chi connectivity index (χ0v) is 9.91. The van der Waals surface area contributed by atoms with Gasteiger partial charge in [0.25, 0.3) is 0 Å². The van der Waals surface area contributed by atoms with Gasteiger partial charge in [-0.15, -0.1) is 0 Å². The summed E-state index contributed by atoms with van der Waals surface area (Å²) >= 11 is 0. The zero-order valence-electron chi connectivity index (χ0n) is 9.91. The first-order valence-electron chi connectivity index (χ1n) is 6.19. The number of piperazine rings is 1. The topological polar surface area (TPSA) is 6.48 Å². The largest absolute Gasteiger partial charge is 0.304 e. The summed E-state index contributed by atoms with van der Waals surface area (Å²) in [7, 11) is 2.22. The molecule has 0 bridgehead atoms. The standard InChI is InChI=1S/C13H23N2/c1-3-12-4-6-13(7-5-12)15-10-8-14(2)9-11-15/h4,13H,1,3,5-11H2,2H3. The predicted octanol–water partition coefficient (Wildman–Crippen LogP) is 1.94. The third-order valence-corrected chi connectivity index (χ3v) is 3.85. The van der Waals surface area contributed by atoms with Crippen molar-refractivity contribution in [2.24, 2.45) is 0 Å². The lowest BCUT2D eigenvalue weighted by Gasteiger charge is -2.39. The van der Waals surface area contributed by atoms with Gasteiger partial charge in [-0.2, -0.15) is 0 Å². The molecular formula is C13H23N2. The fourth-order valence-electron chi connectivity index (χ4n) is 2.62. The molecule has 0 spiro atoms. The van der Waals surface area contributed by atoms with Crippen molar-refractivity contribution >= 4 is 0 Å². The average molecular weight is 207 g/mol. The van der Waals surface area contributed by atoms with Crippen molar-refractivity contribution in [3.05, 3.63) is 18.6 Å². The highest BCUT2D eigenvalue weighted by Gasteiger charge is 2.23. The number of rotatable bonds is 2. The van der Waals surface area contributed by atoms with Crippen molar-refractivity contribution in [3.63, 3.8) is 0 Å². The molecule has 0 aromatic rings. The molecular weight excluding hydrogens is 184 g/mol. The first-order chi connectivity index (χ1) is 7.29. The van der Waals surface area contributed by atoms with E-state index in [0.29, 0.717) is 0 Å². The third kappa shape index (κ3) is 2.82. The van der Waals surface area contributed by atoms with Crippen LogP contribution in [0, 0.1) is 6.92 Å². The maximum Gasteiger partial charge on any atom is 0.0134 e. The van der Waals surface area contributed by atoms with Gasteiger partial charge in [-0.1, -0.05) is 11.6 Å². The molecule has 15 heavy (non-hydrogen) atoms. The molecule has 0 saturated carbocycles. The minimum Gasteiger partial charge on any atom is -0.304 e. The quantitative estimate of drug-likeness (QED) is 0.638. The molecule has 1 aliphatic heterocycles. The Balaban J connectivity index is 1.83. The highest BCUT2D eigenvalue weighted by molar-refractivity contribution is 5.08. The lowest BCUT2D eigenvalue weighted by molar-refractivity contribution is 0.105. The summed E-state index contributed by atoms with van der Waals surface area (Å²) in [6.45, 7) is 8.96. The minimum absolute atomic E-state index is 0.814. The van der Waals surface area contributed by atoms with Gasteiger partial charge in [-0.25, -0.2) is 0 Å². The van der Waals surface area contributed by atoms with E-state index in [-0.39, 0.29) is 0 Å². The normalized spacial score (nSPS) is 30.3. The molecule has 85 valence electrons. The van der Waals surface area contributed by atoms with Crippen LogP contribution in [0.4, 0.5) is 0 Å². The fourth-order valence-corrected chi connectivity index (χ4v) is 2.62. The molecule has 0 aromatic heterocycles. The fraction of sp³-hybridized carbons (Fsp3) is 0.769. The van der Waals surface area contributed by atoms with Gasteiger partial charge in [-0.3, -0.25) is 4.90 Å². The number of hydrogen-bond acceptors (Lipinski definition) is 2. The third-order valence-electron chi connectivity index (χ3n) is 3.85. The van der Waals surface area contributed by atoms with E-state index in [0.717, 1.165) is 12.5 Å². The van der Waals surface area contributed by atoms with E-state index in [1.807, 2.05) is 0 Å². The predicted molar refractivity (Wildman–Crippen MR) is 64.8 cm³/mol. The van der Waals surface area contributed by atoms with E-state index in [1.54, 1.807) is 5.57 Å². The Kier molecular flexibility index (Phi) is 3.81. The zero-order chi connectivity index (χ0) is 10.7. The summed E-state index contributed by atoms with van der Waals surface area (Å²) in [6, 6.07) is 0.814. The van der Waals surface area contributed by atoms with Gasteiger partial charge >= 0.3 is 0 Å². The number of nitrogens with zero attached hydrogens (tertiary/aromatic N) is 2. The van der Waals surface area contributed by atoms with Crippen LogP contribution in [-0.2, 0) is 0 Å². The maximum absolute atomic E-state index is 3.97. The Labute approximate surface area is 93.9 Å². The van der Waals surface area contributed by atoms with Gasteiger partial charge < -0.3 is 4.90 Å². The van der Waals surface area contributed by atoms with Crippen molar-refractivity contribution in [2.75, 3.05) is 33.2 Å². The van der Waals surface area contributed by atoms with E-state index >= 15 is 0 Å². The van der Waals surface area contributed by atoms with Crippen LogP contribution in [-0.4, -0.2) is 49.1 Å². The Hall–Kier alpha value is -0.340. The van der Waals surface area contributed by atoms with Crippen LogP contribution in [0.3, 0.4) is 0 Å². The molecule has 2 nitrogen and oxygen atoms in total. The second-order valence-corrected chi connectivity index (χ2v) is 4.88. The van der Waals surface area contributed by atoms with Gasteiger partial charge in [-0.05, 0) is 39.7 Å². The van der Waals surface area contributed by atoms with Crippen LogP contribution in [0.25, 0.3) is 0 Å². The second-order valence-electron chi connectivity index (χ2n) is 4.88. The van der Waals surface area contributed by atoms with Crippen LogP contribution >= 0.6 is 0 Å². The van der Waals surface area contributed by atoms with Crippen molar-refractivity contribution in [1.82, 2.24) is 9.80 Å². The Morgan fingerprint density at radius 3 is 2.60 bits per heavy atom. The smallest absolute Gasteiger partial charge is 0.0134 e. The highest BCUT2D eigenvalue weighted by Crippen LogP contribution is 2.24. The molecule has 1 heterocycles. The molecule has 1 radical (unpaired) electrons. The van der Waals surface area contributed by atoms with Crippen LogP contribution in [0.5, 0.6) is 0 Å². The molecule has 1 unspecified atom stereocenters. The summed E-state index contributed by atoms with van der Waals surface area (Å²) in [4.78, 5) is 5.10. The van der Waals surface area contributed by atoms with E-state index < -0.39 is 0 Å². The molecule has 1 saturated heterocycles. The molecule has 2 aliphatic rings. The van der Waals surface area contributed by atoms with Crippen LogP contribution < -0.4 is 0 Å². The molecule has 1 fully saturated rings. The Morgan fingerprint density at radius 2 is 2.07 bits per heavy atom. The van der Waals surface area contributed by atoms with Crippen LogP contribution in [0.2, 0.25) is 0 Å². The lowest BCUT2D eigenvalue weighted by Crippen LogP contribution is -2.49. The van der Waals surface area contributed by atoms with Gasteiger partial charge in [0.2, 0.25) is 0 Å². The van der Waals surface area contributed by atoms with E-state index in [2.05, 4.69) is 29.8 Å². The SMILES string of the molecule is [CH2]CC1=CCC(N2CCN(C)CC2)CC1. The van der Waals surface area contributed by atoms with Crippen molar-refractivity contribution < 1.29 is 0 Å². The van der Waals surface area contributed by atoms with Gasteiger partial charge in [0.05, 0.1) is 0 Å². The minimum atomic E-state index is 0.814. The summed E-state index contributed by atoms with van der Waals surface area (Å²) in [5.74, 6) is 0. The molecule has 0 aromatic carbocycles. The molecule has 0 amide bonds. The maximum atomic E-state index is 3.97. The van der Waals surface area contributed by atoms with E-state index in [9.17, 15) is 0 Å². The second kappa shape index (κ2) is 5.13. The monoisotopic (exact) mass is 207 g/mol. The van der Waals surface area contributed by atoms with Crippen LogP contribution in [0.1, 0.15) is 25.7 Å².